The van der Waals surface area contributed by atoms with Gasteiger partial charge in [0, 0.05) is 0 Å². The number of benzene rings is 1. The van der Waals surface area contributed by atoms with Crippen LogP contribution in [0.5, 0.6) is 5.75 Å². The summed E-state index contributed by atoms with van der Waals surface area (Å²) in [5.41, 5.74) is 0.112. The van der Waals surface area contributed by atoms with E-state index in [2.05, 4.69) is 4.98 Å². The van der Waals surface area contributed by atoms with Crippen molar-refractivity contribution in [2.24, 2.45) is 0 Å². The Labute approximate surface area is 115 Å². The summed E-state index contributed by atoms with van der Waals surface area (Å²) in [4.78, 5) is 15.7. The molecule has 0 unspecified atom stereocenters. The maximum Gasteiger partial charge on any atom is 0.360 e. The number of aromatic nitrogens is 1. The number of rotatable bonds is 4. The van der Waals surface area contributed by atoms with Gasteiger partial charge in [0.2, 0.25) is 5.89 Å². The highest BCUT2D eigenvalue weighted by atomic mass is 19.1. The minimum absolute atomic E-state index is 0.0134. The third-order valence-electron chi connectivity index (χ3n) is 2.67. The van der Waals surface area contributed by atoms with E-state index in [-0.39, 0.29) is 35.3 Å². The minimum Gasteiger partial charge on any atom is -0.496 e. The van der Waals surface area contributed by atoms with Crippen molar-refractivity contribution in [3.8, 4) is 17.2 Å². The number of nitrogens with zero attached hydrogens (tertiary/aromatic N) is 1. The Balaban J connectivity index is 2.50. The maximum absolute atomic E-state index is 13.9. The highest BCUT2D eigenvalue weighted by Crippen LogP contribution is 2.33. The predicted molar refractivity (Wildman–Crippen MR) is 69.1 cm³/mol. The number of hydrogen-bond acceptors (Lipinski definition) is 5. The molecule has 0 fully saturated rings. The lowest BCUT2D eigenvalue weighted by Gasteiger charge is -2.05. The second-order valence-electron chi connectivity index (χ2n) is 3.96. The van der Waals surface area contributed by atoms with Crippen LogP contribution in [0.4, 0.5) is 4.39 Å². The summed E-state index contributed by atoms with van der Waals surface area (Å²) < 4.78 is 29.2. The fraction of sp³-hybridized carbons (Fsp3) is 0.286. The zero-order valence-corrected chi connectivity index (χ0v) is 11.4. The normalized spacial score (nSPS) is 10.4. The molecule has 1 aromatic carbocycles. The molecule has 0 aliphatic carbocycles. The molecule has 0 aliphatic heterocycles. The van der Waals surface area contributed by atoms with Crippen LogP contribution in [-0.2, 0) is 4.74 Å². The van der Waals surface area contributed by atoms with Gasteiger partial charge in [-0.25, -0.2) is 14.2 Å². The van der Waals surface area contributed by atoms with E-state index in [0.29, 0.717) is 0 Å². The minimum atomic E-state index is -0.602. The van der Waals surface area contributed by atoms with E-state index in [1.54, 1.807) is 19.9 Å². The van der Waals surface area contributed by atoms with Crippen LogP contribution >= 0.6 is 0 Å². The van der Waals surface area contributed by atoms with Crippen LogP contribution < -0.4 is 4.74 Å². The fourth-order valence-corrected chi connectivity index (χ4v) is 1.77. The number of carbonyl (C=O) groups excluding carboxylic acids is 1. The zero-order chi connectivity index (χ0) is 14.7. The highest BCUT2D eigenvalue weighted by Gasteiger charge is 2.23. The molecule has 2 rings (SSSR count). The Hall–Kier alpha value is -2.37. The van der Waals surface area contributed by atoms with Crippen molar-refractivity contribution in [1.82, 2.24) is 4.98 Å². The van der Waals surface area contributed by atoms with Gasteiger partial charge in [-0.15, -0.1) is 0 Å². The molecule has 106 valence electrons. The molecule has 0 bridgehead atoms. The Morgan fingerprint density at radius 1 is 1.45 bits per heavy atom. The van der Waals surface area contributed by atoms with Gasteiger partial charge in [0.1, 0.15) is 22.9 Å². The Bertz CT molecular complexity index is 636. The summed E-state index contributed by atoms with van der Waals surface area (Å²) in [5, 5.41) is 0. The number of esters is 1. The maximum atomic E-state index is 13.9. The zero-order valence-electron chi connectivity index (χ0n) is 11.4. The van der Waals surface area contributed by atoms with Crippen molar-refractivity contribution < 1.29 is 23.1 Å². The second-order valence-corrected chi connectivity index (χ2v) is 3.96. The van der Waals surface area contributed by atoms with Crippen molar-refractivity contribution in [3.05, 3.63) is 35.5 Å². The van der Waals surface area contributed by atoms with Gasteiger partial charge in [-0.1, -0.05) is 6.07 Å². The van der Waals surface area contributed by atoms with Gasteiger partial charge in [0.05, 0.1) is 13.7 Å². The third-order valence-corrected chi connectivity index (χ3v) is 2.67. The monoisotopic (exact) mass is 279 g/mol. The number of aryl methyl sites for hydroxylation is 1. The summed E-state index contributed by atoms with van der Waals surface area (Å²) in [6.07, 6.45) is 0. The number of hydrogen-bond donors (Lipinski definition) is 0. The quantitative estimate of drug-likeness (QED) is 0.805. The van der Waals surface area contributed by atoms with Gasteiger partial charge in [-0.05, 0) is 26.0 Å². The molecule has 20 heavy (non-hydrogen) atoms. The van der Waals surface area contributed by atoms with E-state index in [9.17, 15) is 9.18 Å². The molecule has 0 amide bonds. The van der Waals surface area contributed by atoms with E-state index >= 15 is 0 Å². The molecule has 0 N–H and O–H groups in total. The number of methoxy groups -OCH3 is 1. The Kier molecular flexibility index (Phi) is 4.02. The second kappa shape index (κ2) is 5.73. The van der Waals surface area contributed by atoms with Crippen molar-refractivity contribution in [2.45, 2.75) is 13.8 Å². The Morgan fingerprint density at radius 2 is 2.20 bits per heavy atom. The van der Waals surface area contributed by atoms with E-state index in [4.69, 9.17) is 13.9 Å². The first-order valence-corrected chi connectivity index (χ1v) is 6.05. The van der Waals surface area contributed by atoms with Crippen LogP contribution in [-0.4, -0.2) is 24.7 Å². The van der Waals surface area contributed by atoms with Crippen LogP contribution in [0.15, 0.2) is 22.6 Å². The van der Waals surface area contributed by atoms with Gasteiger partial charge in [-0.3, -0.25) is 0 Å². The standard InChI is InChI=1S/C14H14FNO4/c1-4-19-14(17)12-8(2)20-13(16-12)11-9(15)6-5-7-10(11)18-3/h5-7H,4H2,1-3H3. The molecule has 0 spiro atoms. The molecule has 0 atom stereocenters. The van der Waals surface area contributed by atoms with Crippen LogP contribution in [0, 0.1) is 12.7 Å². The van der Waals surface area contributed by atoms with Crippen LogP contribution in [0.25, 0.3) is 11.5 Å². The molecule has 0 saturated heterocycles. The molecular weight excluding hydrogens is 265 g/mol. The molecule has 5 nitrogen and oxygen atoms in total. The summed E-state index contributed by atoms with van der Waals surface area (Å²) >= 11 is 0. The molecule has 0 aliphatic rings. The topological polar surface area (TPSA) is 61.6 Å². The van der Waals surface area contributed by atoms with Crippen molar-refractivity contribution >= 4 is 5.97 Å². The molecule has 1 aromatic heterocycles. The van der Waals surface area contributed by atoms with Gasteiger partial charge in [0.15, 0.2) is 5.69 Å². The van der Waals surface area contributed by atoms with E-state index in [1.807, 2.05) is 0 Å². The summed E-state index contributed by atoms with van der Waals surface area (Å²) in [5.74, 6) is -0.609. The fourth-order valence-electron chi connectivity index (χ4n) is 1.77. The number of halogens is 1. The van der Waals surface area contributed by atoms with E-state index in [1.165, 1.54) is 19.2 Å². The average molecular weight is 279 g/mol. The van der Waals surface area contributed by atoms with Crippen molar-refractivity contribution in [1.29, 1.82) is 0 Å². The highest BCUT2D eigenvalue weighted by molar-refractivity contribution is 5.89. The van der Waals surface area contributed by atoms with E-state index < -0.39 is 11.8 Å². The first kappa shape index (κ1) is 14.0. The SMILES string of the molecule is CCOC(=O)c1nc(-c2c(F)cccc2OC)oc1C. The lowest BCUT2D eigenvalue weighted by Crippen LogP contribution is -2.06. The smallest absolute Gasteiger partial charge is 0.360 e. The third kappa shape index (κ3) is 2.49. The Morgan fingerprint density at radius 3 is 2.85 bits per heavy atom. The van der Waals surface area contributed by atoms with Crippen LogP contribution in [0.2, 0.25) is 0 Å². The molecule has 0 saturated carbocycles. The van der Waals surface area contributed by atoms with Crippen molar-refractivity contribution in [3.63, 3.8) is 0 Å². The van der Waals surface area contributed by atoms with Gasteiger partial charge < -0.3 is 13.9 Å². The average Bonchev–Trinajstić information content (AvgIpc) is 2.80. The molecule has 0 radical (unpaired) electrons. The number of ether oxygens (including phenoxy) is 2. The molecule has 2 aromatic rings. The van der Waals surface area contributed by atoms with Crippen LogP contribution in [0.1, 0.15) is 23.2 Å². The largest absolute Gasteiger partial charge is 0.496 e. The van der Waals surface area contributed by atoms with Crippen LogP contribution in [0.3, 0.4) is 0 Å². The van der Waals surface area contributed by atoms with Gasteiger partial charge in [-0.2, -0.15) is 0 Å². The lowest BCUT2D eigenvalue weighted by atomic mass is 10.2. The predicted octanol–water partition coefficient (Wildman–Crippen LogP) is 2.97. The first-order chi connectivity index (χ1) is 9.58. The lowest BCUT2D eigenvalue weighted by molar-refractivity contribution is 0.0518. The van der Waals surface area contributed by atoms with Gasteiger partial charge >= 0.3 is 5.97 Å². The first-order valence-electron chi connectivity index (χ1n) is 6.05. The van der Waals surface area contributed by atoms with Gasteiger partial charge in [0.25, 0.3) is 0 Å². The summed E-state index contributed by atoms with van der Waals surface area (Å²) in [7, 11) is 1.42. The summed E-state index contributed by atoms with van der Waals surface area (Å²) in [6, 6.07) is 4.36. The summed E-state index contributed by atoms with van der Waals surface area (Å²) in [6.45, 7) is 3.48. The van der Waals surface area contributed by atoms with E-state index in [0.717, 1.165) is 0 Å². The number of oxazole rings is 1. The number of carbonyl (C=O) groups is 1. The van der Waals surface area contributed by atoms with Crippen molar-refractivity contribution in [2.75, 3.05) is 13.7 Å². The molecule has 1 heterocycles. The molecular formula is C14H14FNO4. The molecule has 6 heteroatoms.